The average Bonchev–Trinajstić information content (AvgIpc) is 3.29. The summed E-state index contributed by atoms with van der Waals surface area (Å²) in [5, 5.41) is 0. The number of sulfonamides is 1. The maximum Gasteiger partial charge on any atom is 0.254 e. The molecule has 0 saturated carbocycles. The number of amides is 1. The molecular formula is C25H29N3O4S. The third-order valence-corrected chi connectivity index (χ3v) is 8.73. The van der Waals surface area contributed by atoms with Gasteiger partial charge in [0.05, 0.1) is 4.90 Å². The van der Waals surface area contributed by atoms with E-state index in [4.69, 9.17) is 4.42 Å². The number of oxazole rings is 1. The number of benzene rings is 2. The summed E-state index contributed by atoms with van der Waals surface area (Å²) in [6.07, 6.45) is 4.35. The van der Waals surface area contributed by atoms with Crippen molar-refractivity contribution in [3.05, 3.63) is 59.5 Å². The number of para-hydroxylation sites is 2. The summed E-state index contributed by atoms with van der Waals surface area (Å²) < 4.78 is 33.7. The summed E-state index contributed by atoms with van der Waals surface area (Å²) in [5.41, 5.74) is 2.90. The molecule has 7 nitrogen and oxygen atoms in total. The first-order chi connectivity index (χ1) is 15.9. The highest BCUT2D eigenvalue weighted by Crippen LogP contribution is 2.31. The molecule has 33 heavy (non-hydrogen) atoms. The van der Waals surface area contributed by atoms with Gasteiger partial charge in [0.1, 0.15) is 5.52 Å². The number of carbonyl (C=O) groups is 1. The SMILES string of the molecule is Cc1ccc(S(=O)(=O)N2CCCCC2)cc1C(=O)N1CCC(c2nc3ccccc3o2)CC1. The van der Waals surface area contributed by atoms with E-state index in [1.165, 1.54) is 0 Å². The molecule has 0 radical (unpaired) electrons. The van der Waals surface area contributed by atoms with Crippen molar-refractivity contribution >= 4 is 27.0 Å². The molecule has 0 atom stereocenters. The quantitative estimate of drug-likeness (QED) is 0.570. The van der Waals surface area contributed by atoms with Crippen LogP contribution < -0.4 is 0 Å². The Labute approximate surface area is 194 Å². The second-order valence-corrected chi connectivity index (χ2v) is 11.0. The van der Waals surface area contributed by atoms with E-state index in [0.29, 0.717) is 31.7 Å². The van der Waals surface area contributed by atoms with Gasteiger partial charge in [-0.05, 0) is 62.4 Å². The van der Waals surface area contributed by atoms with Crippen LogP contribution in [0, 0.1) is 6.92 Å². The third-order valence-electron chi connectivity index (χ3n) is 6.83. The summed E-state index contributed by atoms with van der Waals surface area (Å²) in [6, 6.07) is 12.7. The zero-order valence-electron chi connectivity index (χ0n) is 18.9. The minimum Gasteiger partial charge on any atom is -0.440 e. The average molecular weight is 468 g/mol. The number of aryl methyl sites for hydroxylation is 1. The summed E-state index contributed by atoms with van der Waals surface area (Å²) in [4.78, 5) is 20.0. The molecule has 3 heterocycles. The Hall–Kier alpha value is -2.71. The monoisotopic (exact) mass is 467 g/mol. The lowest BCUT2D eigenvalue weighted by molar-refractivity contribution is 0.0705. The molecule has 174 valence electrons. The fraction of sp³-hybridized carbons (Fsp3) is 0.440. The van der Waals surface area contributed by atoms with E-state index < -0.39 is 10.0 Å². The van der Waals surface area contributed by atoms with Gasteiger partial charge in [0.2, 0.25) is 10.0 Å². The van der Waals surface area contributed by atoms with Crippen LogP contribution >= 0.6 is 0 Å². The summed E-state index contributed by atoms with van der Waals surface area (Å²) in [5.74, 6) is 0.793. The van der Waals surface area contributed by atoms with Crippen LogP contribution in [0.2, 0.25) is 0 Å². The van der Waals surface area contributed by atoms with Gasteiger partial charge < -0.3 is 9.32 Å². The van der Waals surface area contributed by atoms with Gasteiger partial charge in [-0.2, -0.15) is 4.31 Å². The highest BCUT2D eigenvalue weighted by Gasteiger charge is 2.30. The lowest BCUT2D eigenvalue weighted by atomic mass is 9.96. The molecule has 2 aliphatic rings. The van der Waals surface area contributed by atoms with Gasteiger partial charge in [-0.25, -0.2) is 13.4 Å². The van der Waals surface area contributed by atoms with E-state index in [1.54, 1.807) is 22.5 Å². The number of rotatable bonds is 4. The van der Waals surface area contributed by atoms with E-state index in [9.17, 15) is 13.2 Å². The van der Waals surface area contributed by atoms with Crippen LogP contribution in [-0.2, 0) is 10.0 Å². The predicted octanol–water partition coefficient (Wildman–Crippen LogP) is 4.33. The second-order valence-electron chi connectivity index (χ2n) is 9.03. The van der Waals surface area contributed by atoms with Gasteiger partial charge in [0.25, 0.3) is 5.91 Å². The third kappa shape index (κ3) is 4.29. The highest BCUT2D eigenvalue weighted by atomic mass is 32.2. The number of hydrogen-bond acceptors (Lipinski definition) is 5. The molecule has 2 aliphatic heterocycles. The van der Waals surface area contributed by atoms with Gasteiger partial charge in [-0.3, -0.25) is 4.79 Å². The maximum atomic E-state index is 13.3. The molecule has 2 aromatic carbocycles. The fourth-order valence-electron chi connectivity index (χ4n) is 4.81. The van der Waals surface area contributed by atoms with Gasteiger partial charge in [0, 0.05) is 37.7 Å². The van der Waals surface area contributed by atoms with Crippen molar-refractivity contribution in [1.29, 1.82) is 0 Å². The van der Waals surface area contributed by atoms with E-state index in [0.717, 1.165) is 54.7 Å². The molecule has 0 unspecified atom stereocenters. The minimum absolute atomic E-state index is 0.112. The molecule has 0 aliphatic carbocycles. The normalized spacial score (nSPS) is 18.6. The van der Waals surface area contributed by atoms with Crippen LogP contribution in [0.25, 0.3) is 11.1 Å². The summed E-state index contributed by atoms with van der Waals surface area (Å²) in [6.45, 7) is 4.12. The first-order valence-corrected chi connectivity index (χ1v) is 13.1. The van der Waals surface area contributed by atoms with E-state index in [-0.39, 0.29) is 16.7 Å². The van der Waals surface area contributed by atoms with Crippen LogP contribution in [0.3, 0.4) is 0 Å². The van der Waals surface area contributed by atoms with Crippen molar-refractivity contribution in [3.8, 4) is 0 Å². The molecule has 5 rings (SSSR count). The molecular weight excluding hydrogens is 438 g/mol. The van der Waals surface area contributed by atoms with Crippen LogP contribution in [0.5, 0.6) is 0 Å². The van der Waals surface area contributed by atoms with Crippen molar-refractivity contribution < 1.29 is 17.6 Å². The number of likely N-dealkylation sites (tertiary alicyclic amines) is 1. The first-order valence-electron chi connectivity index (χ1n) is 11.7. The molecule has 3 aromatic rings. The molecule has 8 heteroatoms. The Bertz CT molecular complexity index is 1240. The lowest BCUT2D eigenvalue weighted by Gasteiger charge is -2.31. The standard InChI is InChI=1S/C25H29N3O4S/c1-18-9-10-20(33(30,31)28-13-5-2-6-14-28)17-21(18)25(29)27-15-11-19(12-16-27)24-26-22-7-3-4-8-23(22)32-24/h3-4,7-10,17,19H,2,5-6,11-16H2,1H3. The topological polar surface area (TPSA) is 83.7 Å². The predicted molar refractivity (Wildman–Crippen MR) is 126 cm³/mol. The molecule has 1 amide bonds. The number of fused-ring (bicyclic) bond motifs is 1. The smallest absolute Gasteiger partial charge is 0.254 e. The Balaban J connectivity index is 1.31. The van der Waals surface area contributed by atoms with E-state index >= 15 is 0 Å². The van der Waals surface area contributed by atoms with Crippen LogP contribution in [-0.4, -0.2) is 54.7 Å². The Morgan fingerprint density at radius 3 is 2.45 bits per heavy atom. The lowest BCUT2D eigenvalue weighted by Crippen LogP contribution is -2.38. The van der Waals surface area contributed by atoms with Crippen molar-refractivity contribution in [1.82, 2.24) is 14.2 Å². The zero-order chi connectivity index (χ0) is 23.0. The first kappa shape index (κ1) is 22.1. The Morgan fingerprint density at radius 2 is 1.73 bits per heavy atom. The number of carbonyl (C=O) groups excluding carboxylic acids is 1. The number of hydrogen-bond donors (Lipinski definition) is 0. The van der Waals surface area contributed by atoms with Crippen LogP contribution in [0.4, 0.5) is 0 Å². The largest absolute Gasteiger partial charge is 0.440 e. The number of nitrogens with zero attached hydrogens (tertiary/aromatic N) is 3. The highest BCUT2D eigenvalue weighted by molar-refractivity contribution is 7.89. The molecule has 2 fully saturated rings. The Kier molecular flexibility index (Phi) is 5.97. The second kappa shape index (κ2) is 8.91. The molecule has 0 N–H and O–H groups in total. The zero-order valence-corrected chi connectivity index (χ0v) is 19.7. The number of aromatic nitrogens is 1. The van der Waals surface area contributed by atoms with E-state index in [2.05, 4.69) is 4.98 Å². The molecule has 0 bridgehead atoms. The van der Waals surface area contributed by atoms with Crippen LogP contribution in [0.1, 0.15) is 59.8 Å². The number of piperidine rings is 2. The molecule has 1 aromatic heterocycles. The Morgan fingerprint density at radius 1 is 1.00 bits per heavy atom. The van der Waals surface area contributed by atoms with E-state index in [1.807, 2.05) is 36.1 Å². The van der Waals surface area contributed by atoms with Crippen molar-refractivity contribution in [3.63, 3.8) is 0 Å². The van der Waals surface area contributed by atoms with Crippen molar-refractivity contribution in [2.45, 2.75) is 49.8 Å². The van der Waals surface area contributed by atoms with Gasteiger partial charge in [0.15, 0.2) is 11.5 Å². The minimum atomic E-state index is -3.58. The summed E-state index contributed by atoms with van der Waals surface area (Å²) in [7, 11) is -3.58. The van der Waals surface area contributed by atoms with Gasteiger partial charge >= 0.3 is 0 Å². The molecule has 2 saturated heterocycles. The maximum absolute atomic E-state index is 13.3. The van der Waals surface area contributed by atoms with Gasteiger partial charge in [-0.15, -0.1) is 0 Å². The molecule has 0 spiro atoms. The van der Waals surface area contributed by atoms with Crippen LogP contribution in [0.15, 0.2) is 51.8 Å². The van der Waals surface area contributed by atoms with Gasteiger partial charge in [-0.1, -0.05) is 24.6 Å². The summed E-state index contributed by atoms with van der Waals surface area (Å²) >= 11 is 0. The fourth-order valence-corrected chi connectivity index (χ4v) is 6.35. The van der Waals surface area contributed by atoms with Crippen molar-refractivity contribution in [2.24, 2.45) is 0 Å². The van der Waals surface area contributed by atoms with Crippen molar-refractivity contribution in [2.75, 3.05) is 26.2 Å².